The fraction of sp³-hybridized carbons (Fsp3) is 0.458. The van der Waals surface area contributed by atoms with Gasteiger partial charge in [-0.05, 0) is 55.5 Å². The van der Waals surface area contributed by atoms with Crippen molar-refractivity contribution >= 4 is 17.6 Å². The number of hydrogen-bond acceptors (Lipinski definition) is 5. The number of pyridine rings is 1. The highest BCUT2D eigenvalue weighted by molar-refractivity contribution is 5.95. The quantitative estimate of drug-likeness (QED) is 0.691. The van der Waals surface area contributed by atoms with Crippen LogP contribution in [-0.2, 0) is 4.79 Å². The van der Waals surface area contributed by atoms with Gasteiger partial charge in [0.1, 0.15) is 5.82 Å². The molecule has 0 radical (unpaired) electrons. The fourth-order valence-corrected chi connectivity index (χ4v) is 3.52. The Labute approximate surface area is 183 Å². The third-order valence-electron chi connectivity index (χ3n) is 5.43. The molecule has 0 unspecified atom stereocenters. The minimum atomic E-state index is -0.127. The number of carbonyl (C=O) groups excluding carboxylic acids is 2. The molecule has 0 bridgehead atoms. The molecule has 1 aliphatic heterocycles. The predicted octanol–water partition coefficient (Wildman–Crippen LogP) is 4.01. The molecule has 2 amide bonds. The van der Waals surface area contributed by atoms with E-state index in [1.807, 2.05) is 6.07 Å². The Hall–Kier alpha value is -3.09. The molecule has 1 aromatic carbocycles. The number of ether oxygens (including phenoxy) is 2. The average molecular weight is 426 g/mol. The van der Waals surface area contributed by atoms with Crippen LogP contribution in [0.25, 0.3) is 0 Å². The summed E-state index contributed by atoms with van der Waals surface area (Å²) in [5.74, 6) is 2.07. The number of aromatic nitrogens is 1. The summed E-state index contributed by atoms with van der Waals surface area (Å²) in [6, 6.07) is 10.7. The molecular weight excluding hydrogens is 394 g/mol. The number of rotatable bonds is 8. The molecule has 7 nitrogen and oxygen atoms in total. The molecule has 7 heteroatoms. The molecule has 0 spiro atoms. The van der Waals surface area contributed by atoms with Crippen LogP contribution in [0.3, 0.4) is 0 Å². The Morgan fingerprint density at radius 1 is 1.16 bits per heavy atom. The maximum absolute atomic E-state index is 13.0. The molecule has 0 aliphatic carbocycles. The van der Waals surface area contributed by atoms with E-state index < -0.39 is 0 Å². The minimum Gasteiger partial charge on any atom is -0.493 e. The van der Waals surface area contributed by atoms with Gasteiger partial charge in [-0.15, -0.1) is 0 Å². The normalized spacial score (nSPS) is 14.4. The van der Waals surface area contributed by atoms with Gasteiger partial charge in [-0.2, -0.15) is 0 Å². The van der Waals surface area contributed by atoms with Gasteiger partial charge in [0.15, 0.2) is 11.5 Å². The second-order valence-electron chi connectivity index (χ2n) is 8.17. The summed E-state index contributed by atoms with van der Waals surface area (Å²) in [6.07, 6.45) is 3.84. The van der Waals surface area contributed by atoms with Crippen LogP contribution < -0.4 is 14.8 Å². The molecule has 2 aromatic rings. The number of nitrogens with one attached hydrogen (secondary N) is 1. The van der Waals surface area contributed by atoms with Gasteiger partial charge in [-0.25, -0.2) is 4.98 Å². The summed E-state index contributed by atoms with van der Waals surface area (Å²) in [6.45, 7) is 5.97. The Balaban J connectivity index is 1.55. The number of hydrogen-bond donors (Lipinski definition) is 1. The van der Waals surface area contributed by atoms with Crippen LogP contribution in [0.1, 0.15) is 43.5 Å². The Bertz CT molecular complexity index is 878. The van der Waals surface area contributed by atoms with Gasteiger partial charge in [0.05, 0.1) is 13.7 Å². The molecular formula is C24H31N3O4. The van der Waals surface area contributed by atoms with E-state index in [0.29, 0.717) is 61.3 Å². The van der Waals surface area contributed by atoms with Gasteiger partial charge < -0.3 is 19.7 Å². The Morgan fingerprint density at radius 3 is 2.58 bits per heavy atom. The number of carbonyl (C=O) groups is 2. The zero-order chi connectivity index (χ0) is 22.2. The van der Waals surface area contributed by atoms with E-state index in [1.165, 1.54) is 0 Å². The molecule has 31 heavy (non-hydrogen) atoms. The van der Waals surface area contributed by atoms with Crippen molar-refractivity contribution in [3.05, 3.63) is 48.2 Å². The second-order valence-corrected chi connectivity index (χ2v) is 8.17. The molecule has 1 aromatic heterocycles. The van der Waals surface area contributed by atoms with Crippen molar-refractivity contribution in [3.63, 3.8) is 0 Å². The van der Waals surface area contributed by atoms with Crippen LogP contribution in [0.15, 0.2) is 42.6 Å². The van der Waals surface area contributed by atoms with Crippen LogP contribution in [0, 0.1) is 11.8 Å². The lowest BCUT2D eigenvalue weighted by Gasteiger charge is -2.31. The molecule has 0 saturated carbocycles. The first-order valence-electron chi connectivity index (χ1n) is 10.8. The Kier molecular flexibility index (Phi) is 7.87. The van der Waals surface area contributed by atoms with E-state index in [9.17, 15) is 9.59 Å². The Morgan fingerprint density at radius 2 is 1.94 bits per heavy atom. The second kappa shape index (κ2) is 10.8. The zero-order valence-electron chi connectivity index (χ0n) is 18.5. The average Bonchev–Trinajstić information content (AvgIpc) is 2.79. The highest BCUT2D eigenvalue weighted by Crippen LogP contribution is 2.30. The fourth-order valence-electron chi connectivity index (χ4n) is 3.52. The van der Waals surface area contributed by atoms with Gasteiger partial charge in [-0.3, -0.25) is 9.59 Å². The standard InChI is InChI=1S/C24H31N3O4/c1-17(2)11-15-31-20-8-7-19(16-21(20)30-3)24(29)27-13-9-18(10-14-27)23(28)26-22-6-4-5-12-25-22/h4-8,12,16-18H,9-11,13-15H2,1-3H3,(H,25,26,28). The summed E-state index contributed by atoms with van der Waals surface area (Å²) in [4.78, 5) is 31.4. The highest BCUT2D eigenvalue weighted by atomic mass is 16.5. The number of amides is 2. The molecule has 1 saturated heterocycles. The smallest absolute Gasteiger partial charge is 0.253 e. The maximum atomic E-state index is 13.0. The number of piperidine rings is 1. The van der Waals surface area contributed by atoms with E-state index >= 15 is 0 Å². The van der Waals surface area contributed by atoms with Gasteiger partial charge in [0.2, 0.25) is 5.91 Å². The molecule has 1 N–H and O–H groups in total. The van der Waals surface area contributed by atoms with E-state index in [-0.39, 0.29) is 17.7 Å². The third-order valence-corrected chi connectivity index (χ3v) is 5.43. The largest absolute Gasteiger partial charge is 0.493 e. The van der Waals surface area contributed by atoms with E-state index in [0.717, 1.165) is 6.42 Å². The monoisotopic (exact) mass is 425 g/mol. The van der Waals surface area contributed by atoms with Crippen molar-refractivity contribution in [1.29, 1.82) is 0 Å². The first kappa shape index (κ1) is 22.6. The van der Waals surface area contributed by atoms with Crippen LogP contribution in [-0.4, -0.2) is 48.5 Å². The first-order chi connectivity index (χ1) is 15.0. The topological polar surface area (TPSA) is 80.8 Å². The molecule has 1 aliphatic rings. The summed E-state index contributed by atoms with van der Waals surface area (Å²) < 4.78 is 11.2. The minimum absolute atomic E-state index is 0.0460. The van der Waals surface area contributed by atoms with Crippen LogP contribution >= 0.6 is 0 Å². The van der Waals surface area contributed by atoms with Crippen molar-refractivity contribution in [2.75, 3.05) is 32.1 Å². The lowest BCUT2D eigenvalue weighted by Crippen LogP contribution is -2.41. The van der Waals surface area contributed by atoms with Crippen molar-refractivity contribution in [3.8, 4) is 11.5 Å². The lowest BCUT2D eigenvalue weighted by atomic mass is 9.95. The van der Waals surface area contributed by atoms with Gasteiger partial charge in [0.25, 0.3) is 5.91 Å². The van der Waals surface area contributed by atoms with Crippen molar-refractivity contribution in [2.24, 2.45) is 11.8 Å². The predicted molar refractivity (Wildman–Crippen MR) is 119 cm³/mol. The van der Waals surface area contributed by atoms with Gasteiger partial charge in [-0.1, -0.05) is 19.9 Å². The first-order valence-corrected chi connectivity index (χ1v) is 10.8. The molecule has 0 atom stereocenters. The lowest BCUT2D eigenvalue weighted by molar-refractivity contribution is -0.121. The van der Waals surface area contributed by atoms with Gasteiger partial charge >= 0.3 is 0 Å². The summed E-state index contributed by atoms with van der Waals surface area (Å²) in [5, 5.41) is 2.85. The third kappa shape index (κ3) is 6.20. The summed E-state index contributed by atoms with van der Waals surface area (Å²) in [5.41, 5.74) is 0.560. The van der Waals surface area contributed by atoms with Crippen LogP contribution in [0.2, 0.25) is 0 Å². The maximum Gasteiger partial charge on any atom is 0.253 e. The SMILES string of the molecule is COc1cc(C(=O)N2CCC(C(=O)Nc3ccccn3)CC2)ccc1OCCC(C)C. The number of methoxy groups -OCH3 is 1. The van der Waals surface area contributed by atoms with Gasteiger partial charge in [0, 0.05) is 30.8 Å². The number of benzene rings is 1. The molecule has 166 valence electrons. The number of nitrogens with zero attached hydrogens (tertiary/aromatic N) is 2. The highest BCUT2D eigenvalue weighted by Gasteiger charge is 2.28. The molecule has 1 fully saturated rings. The van der Waals surface area contributed by atoms with Crippen LogP contribution in [0.5, 0.6) is 11.5 Å². The van der Waals surface area contributed by atoms with E-state index in [2.05, 4.69) is 24.1 Å². The summed E-state index contributed by atoms with van der Waals surface area (Å²) >= 11 is 0. The zero-order valence-corrected chi connectivity index (χ0v) is 18.5. The number of anilines is 1. The van der Waals surface area contributed by atoms with Crippen molar-refractivity contribution in [2.45, 2.75) is 33.1 Å². The van der Waals surface area contributed by atoms with E-state index in [4.69, 9.17) is 9.47 Å². The summed E-state index contributed by atoms with van der Waals surface area (Å²) in [7, 11) is 1.57. The van der Waals surface area contributed by atoms with Crippen LogP contribution in [0.4, 0.5) is 5.82 Å². The molecule has 2 heterocycles. The molecule has 3 rings (SSSR count). The van der Waals surface area contributed by atoms with Crippen molar-refractivity contribution in [1.82, 2.24) is 9.88 Å². The number of likely N-dealkylation sites (tertiary alicyclic amines) is 1. The van der Waals surface area contributed by atoms with Crippen molar-refractivity contribution < 1.29 is 19.1 Å². The van der Waals surface area contributed by atoms with E-state index in [1.54, 1.807) is 48.5 Å².